The highest BCUT2D eigenvalue weighted by atomic mass is 19.3. The van der Waals surface area contributed by atoms with Crippen molar-refractivity contribution in [1.82, 2.24) is 0 Å². The molecule has 1 aromatic rings. The van der Waals surface area contributed by atoms with Crippen LogP contribution >= 0.6 is 0 Å². The first-order chi connectivity index (χ1) is 7.19. The molecule has 0 saturated heterocycles. The third kappa shape index (κ3) is 2.81. The van der Waals surface area contributed by atoms with Gasteiger partial charge in [-0.05, 0) is 18.2 Å². The number of carbonyl (C=O) groups excluding carboxylic acids is 1. The van der Waals surface area contributed by atoms with Gasteiger partial charge in [-0.15, -0.1) is 0 Å². The fourth-order valence-corrected chi connectivity index (χ4v) is 0.967. The van der Waals surface area contributed by atoms with Crippen molar-refractivity contribution in [2.75, 3.05) is 13.2 Å². The molecule has 0 aliphatic rings. The zero-order valence-corrected chi connectivity index (χ0v) is 7.64. The molecule has 0 aliphatic carbocycles. The normalized spacial score (nSPS) is 9.73. The Morgan fingerprint density at radius 2 is 2.20 bits per heavy atom. The van der Waals surface area contributed by atoms with Crippen molar-refractivity contribution in [2.24, 2.45) is 0 Å². The lowest BCUT2D eigenvalue weighted by molar-refractivity contribution is -0.0788. The lowest BCUT2D eigenvalue weighted by Gasteiger charge is -2.06. The van der Waals surface area contributed by atoms with Crippen molar-refractivity contribution < 1.29 is 29.2 Å². The van der Waals surface area contributed by atoms with Gasteiger partial charge in [0.15, 0.2) is 11.5 Å². The van der Waals surface area contributed by atoms with Gasteiger partial charge >= 0.3 is 5.97 Å². The van der Waals surface area contributed by atoms with Crippen LogP contribution in [-0.4, -0.2) is 29.4 Å². The molecular formula is C9H9FO5. The second-order valence-corrected chi connectivity index (χ2v) is 2.62. The Hall–Kier alpha value is -1.82. The molecule has 2 N–H and O–H groups in total. The van der Waals surface area contributed by atoms with E-state index in [1.165, 1.54) is 12.1 Å². The summed E-state index contributed by atoms with van der Waals surface area (Å²) in [6, 6.07) is 3.51. The van der Waals surface area contributed by atoms with Crippen molar-refractivity contribution in [3.8, 4) is 11.5 Å². The van der Waals surface area contributed by atoms with E-state index in [9.17, 15) is 14.4 Å². The fourth-order valence-electron chi connectivity index (χ4n) is 0.967. The van der Waals surface area contributed by atoms with Crippen LogP contribution in [0.15, 0.2) is 18.2 Å². The number of hydrogen-bond acceptors (Lipinski definition) is 5. The third-order valence-corrected chi connectivity index (χ3v) is 1.61. The van der Waals surface area contributed by atoms with Crippen LogP contribution < -0.4 is 4.74 Å². The molecule has 82 valence electrons. The molecule has 0 amide bonds. The molecule has 0 bridgehead atoms. The Kier molecular flexibility index (Phi) is 3.87. The van der Waals surface area contributed by atoms with Crippen LogP contribution in [0.3, 0.4) is 0 Å². The molecule has 0 spiro atoms. The minimum absolute atomic E-state index is 0.0143. The van der Waals surface area contributed by atoms with Gasteiger partial charge in [-0.2, -0.15) is 0 Å². The van der Waals surface area contributed by atoms with Gasteiger partial charge < -0.3 is 14.9 Å². The maximum absolute atomic E-state index is 11.5. The highest BCUT2D eigenvalue weighted by Crippen LogP contribution is 2.26. The Morgan fingerprint density at radius 3 is 2.73 bits per heavy atom. The van der Waals surface area contributed by atoms with E-state index in [4.69, 9.17) is 9.84 Å². The number of phenols is 1. The number of ether oxygens (including phenoxy) is 1. The van der Waals surface area contributed by atoms with E-state index in [0.717, 1.165) is 6.07 Å². The van der Waals surface area contributed by atoms with Crippen LogP contribution in [0.2, 0.25) is 0 Å². The van der Waals surface area contributed by atoms with Crippen LogP contribution in [0.25, 0.3) is 0 Å². The molecule has 0 heterocycles. The number of halogens is 1. The topological polar surface area (TPSA) is 76.0 Å². The first-order valence-corrected chi connectivity index (χ1v) is 4.08. The number of hydrogen-bond donors (Lipinski definition) is 2. The summed E-state index contributed by atoms with van der Waals surface area (Å²) < 4.78 is 16.4. The first-order valence-electron chi connectivity index (χ1n) is 4.08. The van der Waals surface area contributed by atoms with Crippen molar-refractivity contribution in [2.45, 2.75) is 0 Å². The summed E-state index contributed by atoms with van der Waals surface area (Å²) in [6.07, 6.45) is 0. The molecule has 5 nitrogen and oxygen atoms in total. The summed E-state index contributed by atoms with van der Waals surface area (Å²) in [6.45, 7) is -0.186. The summed E-state index contributed by atoms with van der Waals surface area (Å²) in [5, 5.41) is 17.8. The Labute approximate surface area is 84.6 Å². The number of benzene rings is 1. The number of aliphatic hydroxyl groups is 1. The van der Waals surface area contributed by atoms with E-state index in [2.05, 4.69) is 4.94 Å². The lowest BCUT2D eigenvalue weighted by Crippen LogP contribution is -2.03. The maximum Gasteiger partial charge on any atom is 0.379 e. The van der Waals surface area contributed by atoms with Crippen molar-refractivity contribution in [1.29, 1.82) is 0 Å². The molecule has 0 saturated carbocycles. The van der Waals surface area contributed by atoms with Gasteiger partial charge in [0.05, 0.1) is 12.2 Å². The maximum atomic E-state index is 11.5. The summed E-state index contributed by atoms with van der Waals surface area (Å²) in [5.74, 6) is -1.43. The van der Waals surface area contributed by atoms with Gasteiger partial charge in [-0.25, -0.2) is 9.74 Å². The average molecular weight is 216 g/mol. The van der Waals surface area contributed by atoms with E-state index in [1.807, 2.05) is 0 Å². The highest BCUT2D eigenvalue weighted by molar-refractivity contribution is 5.89. The first kappa shape index (κ1) is 11.3. The standard InChI is InChI=1S/C9H9FO5/c10-15-9(13)6-1-2-8(7(12)5-6)14-4-3-11/h1-2,5,11-12H,3-4H2. The van der Waals surface area contributed by atoms with Crippen LogP contribution in [0.1, 0.15) is 10.4 Å². The van der Waals surface area contributed by atoms with Gasteiger partial charge in [0.25, 0.3) is 0 Å². The number of rotatable bonds is 4. The molecule has 0 unspecified atom stereocenters. The Bertz CT molecular complexity index is 352. The number of aliphatic hydroxyl groups excluding tert-OH is 1. The SMILES string of the molecule is O=C(OF)c1ccc(OCCO)c(O)c1. The van der Waals surface area contributed by atoms with Crippen molar-refractivity contribution >= 4 is 5.97 Å². The van der Waals surface area contributed by atoms with Crippen molar-refractivity contribution in [3.63, 3.8) is 0 Å². The van der Waals surface area contributed by atoms with Gasteiger partial charge in [0.2, 0.25) is 0 Å². The lowest BCUT2D eigenvalue weighted by atomic mass is 10.2. The van der Waals surface area contributed by atoms with E-state index >= 15 is 0 Å². The predicted molar refractivity (Wildman–Crippen MR) is 47.2 cm³/mol. The molecule has 0 fully saturated rings. The smallest absolute Gasteiger partial charge is 0.379 e. The third-order valence-electron chi connectivity index (χ3n) is 1.61. The molecule has 6 heteroatoms. The van der Waals surface area contributed by atoms with Gasteiger partial charge in [-0.1, -0.05) is 0 Å². The molecule has 15 heavy (non-hydrogen) atoms. The predicted octanol–water partition coefficient (Wildman–Crippen LogP) is 0.805. The number of carbonyl (C=O) groups is 1. The molecule has 1 aromatic carbocycles. The average Bonchev–Trinajstić information content (AvgIpc) is 2.26. The largest absolute Gasteiger partial charge is 0.504 e. The Morgan fingerprint density at radius 1 is 1.47 bits per heavy atom. The fraction of sp³-hybridized carbons (Fsp3) is 0.222. The molecular weight excluding hydrogens is 207 g/mol. The summed E-state index contributed by atoms with van der Waals surface area (Å²) >= 11 is 0. The second kappa shape index (κ2) is 5.16. The van der Waals surface area contributed by atoms with E-state index in [-0.39, 0.29) is 30.3 Å². The zero-order chi connectivity index (χ0) is 11.3. The molecule has 0 atom stereocenters. The summed E-state index contributed by atoms with van der Waals surface area (Å²) in [7, 11) is 0. The minimum Gasteiger partial charge on any atom is -0.504 e. The zero-order valence-electron chi connectivity index (χ0n) is 7.64. The second-order valence-electron chi connectivity index (χ2n) is 2.62. The van der Waals surface area contributed by atoms with E-state index in [0.29, 0.717) is 0 Å². The molecule has 0 aromatic heterocycles. The summed E-state index contributed by atoms with van der Waals surface area (Å²) in [4.78, 5) is 13.7. The van der Waals surface area contributed by atoms with Crippen LogP contribution in [0.4, 0.5) is 4.53 Å². The monoisotopic (exact) mass is 216 g/mol. The van der Waals surface area contributed by atoms with Crippen LogP contribution in [0, 0.1) is 0 Å². The van der Waals surface area contributed by atoms with Crippen LogP contribution in [-0.2, 0) is 4.94 Å². The van der Waals surface area contributed by atoms with Gasteiger partial charge in [0.1, 0.15) is 6.61 Å². The quantitative estimate of drug-likeness (QED) is 0.778. The Balaban J connectivity index is 2.83. The van der Waals surface area contributed by atoms with Crippen LogP contribution in [0.5, 0.6) is 11.5 Å². The number of phenolic OH excluding ortho intramolecular Hbond substituents is 1. The molecule has 0 radical (unpaired) electrons. The minimum atomic E-state index is -1.20. The van der Waals surface area contributed by atoms with Gasteiger partial charge in [-0.3, -0.25) is 0 Å². The molecule has 1 rings (SSSR count). The summed E-state index contributed by atoms with van der Waals surface area (Å²) in [5.41, 5.74) is -0.133. The van der Waals surface area contributed by atoms with Crippen molar-refractivity contribution in [3.05, 3.63) is 23.8 Å². The van der Waals surface area contributed by atoms with E-state index < -0.39 is 5.97 Å². The molecule has 0 aliphatic heterocycles. The highest BCUT2D eigenvalue weighted by Gasteiger charge is 2.11. The van der Waals surface area contributed by atoms with E-state index in [1.54, 1.807) is 0 Å². The van der Waals surface area contributed by atoms with Gasteiger partial charge in [0, 0.05) is 4.53 Å². The number of aromatic hydroxyl groups is 1.